The molecule has 1 aliphatic carbocycles. The summed E-state index contributed by atoms with van der Waals surface area (Å²) < 4.78 is 6.86. The van der Waals surface area contributed by atoms with E-state index in [0.29, 0.717) is 18.4 Å². The maximum absolute atomic E-state index is 12.8. The zero-order chi connectivity index (χ0) is 19.4. The van der Waals surface area contributed by atoms with Crippen molar-refractivity contribution in [1.82, 2.24) is 15.1 Å². The smallest absolute Gasteiger partial charge is 0.331 e. The summed E-state index contributed by atoms with van der Waals surface area (Å²) in [5.41, 5.74) is 2.48. The number of methoxy groups -OCH3 is 1. The molecule has 1 aromatic heterocycles. The van der Waals surface area contributed by atoms with Crippen LogP contribution in [-0.2, 0) is 9.53 Å². The fraction of sp³-hybridized carbons (Fsp3) is 0.476. The largest absolute Gasteiger partial charge is 0.467 e. The molecule has 3 rings (SSSR count). The minimum atomic E-state index is -0.920. The first-order valence-corrected chi connectivity index (χ1v) is 9.50. The van der Waals surface area contributed by atoms with Gasteiger partial charge in [-0.1, -0.05) is 25.7 Å². The predicted molar refractivity (Wildman–Crippen MR) is 103 cm³/mol. The third-order valence-electron chi connectivity index (χ3n) is 5.27. The minimum absolute atomic E-state index is 0.248. The molecule has 0 radical (unpaired) electrons. The van der Waals surface area contributed by atoms with Crippen molar-refractivity contribution in [2.45, 2.75) is 57.9 Å². The normalized spacial score (nSPS) is 16.4. The van der Waals surface area contributed by atoms with Gasteiger partial charge in [-0.2, -0.15) is 5.10 Å². The monoisotopic (exact) mass is 369 g/mol. The molecular formula is C21H27N3O3. The third kappa shape index (κ3) is 4.04. The Kier molecular flexibility index (Phi) is 5.63. The highest BCUT2D eigenvalue weighted by atomic mass is 16.5. The Morgan fingerprint density at radius 3 is 2.22 bits per heavy atom. The fourth-order valence-electron chi connectivity index (χ4n) is 3.84. The van der Waals surface area contributed by atoms with Crippen LogP contribution in [0.1, 0.15) is 60.3 Å². The number of esters is 1. The minimum Gasteiger partial charge on any atom is -0.467 e. The van der Waals surface area contributed by atoms with Crippen molar-refractivity contribution in [2.24, 2.45) is 0 Å². The Morgan fingerprint density at radius 1 is 1.07 bits per heavy atom. The van der Waals surface area contributed by atoms with E-state index >= 15 is 0 Å². The van der Waals surface area contributed by atoms with Gasteiger partial charge < -0.3 is 10.1 Å². The molecule has 144 valence electrons. The van der Waals surface area contributed by atoms with Crippen LogP contribution in [0.5, 0.6) is 0 Å². The number of aromatic nitrogens is 2. The van der Waals surface area contributed by atoms with Gasteiger partial charge in [0.25, 0.3) is 5.91 Å². The standard InChI is InChI=1S/C21H27N3O3/c1-15-14-16(2)24(23-15)18-10-8-17(9-11-18)19(25)22-21(20(26)27-3)12-6-4-5-7-13-21/h8-11,14H,4-7,12-13H2,1-3H3,(H,22,25). The number of carbonyl (C=O) groups excluding carboxylic acids is 2. The Hall–Kier alpha value is -2.63. The van der Waals surface area contributed by atoms with Gasteiger partial charge in [0.05, 0.1) is 18.5 Å². The number of nitrogens with zero attached hydrogens (tertiary/aromatic N) is 2. The summed E-state index contributed by atoms with van der Waals surface area (Å²) in [5.74, 6) is -0.598. The van der Waals surface area contributed by atoms with Gasteiger partial charge in [-0.25, -0.2) is 9.48 Å². The topological polar surface area (TPSA) is 73.2 Å². The zero-order valence-electron chi connectivity index (χ0n) is 16.2. The van der Waals surface area contributed by atoms with E-state index in [0.717, 1.165) is 42.8 Å². The number of hydrogen-bond donors (Lipinski definition) is 1. The first-order valence-electron chi connectivity index (χ1n) is 9.50. The summed E-state index contributed by atoms with van der Waals surface area (Å²) >= 11 is 0. The molecule has 0 aliphatic heterocycles. The molecule has 1 amide bonds. The molecule has 1 N–H and O–H groups in total. The second kappa shape index (κ2) is 7.94. The zero-order valence-corrected chi connectivity index (χ0v) is 16.2. The number of amides is 1. The number of nitrogens with one attached hydrogen (secondary N) is 1. The Bertz CT molecular complexity index is 816. The Labute approximate surface area is 159 Å². The van der Waals surface area contributed by atoms with Crippen LogP contribution in [0.25, 0.3) is 5.69 Å². The van der Waals surface area contributed by atoms with Gasteiger partial charge in [0.2, 0.25) is 0 Å². The van der Waals surface area contributed by atoms with Gasteiger partial charge in [0.1, 0.15) is 5.54 Å². The lowest BCUT2D eigenvalue weighted by Crippen LogP contribution is -2.54. The summed E-state index contributed by atoms with van der Waals surface area (Å²) in [6.45, 7) is 3.94. The Balaban J connectivity index is 1.80. The molecule has 0 unspecified atom stereocenters. The van der Waals surface area contributed by atoms with Crippen LogP contribution < -0.4 is 5.32 Å². The number of hydrogen-bond acceptors (Lipinski definition) is 4. The van der Waals surface area contributed by atoms with Gasteiger partial charge in [0, 0.05) is 11.3 Å². The number of benzene rings is 1. The van der Waals surface area contributed by atoms with Crippen molar-refractivity contribution in [3.8, 4) is 5.69 Å². The van der Waals surface area contributed by atoms with Crippen LogP contribution in [0, 0.1) is 13.8 Å². The van der Waals surface area contributed by atoms with Crippen molar-refractivity contribution >= 4 is 11.9 Å². The first-order chi connectivity index (χ1) is 12.9. The average Bonchev–Trinajstić information content (AvgIpc) is 2.85. The second-order valence-corrected chi connectivity index (χ2v) is 7.33. The van der Waals surface area contributed by atoms with Gasteiger partial charge in [0.15, 0.2) is 0 Å². The van der Waals surface area contributed by atoms with Crippen LogP contribution in [0.15, 0.2) is 30.3 Å². The highest BCUT2D eigenvalue weighted by Gasteiger charge is 2.41. The van der Waals surface area contributed by atoms with Gasteiger partial charge in [-0.15, -0.1) is 0 Å². The van der Waals surface area contributed by atoms with E-state index in [4.69, 9.17) is 4.74 Å². The third-order valence-corrected chi connectivity index (χ3v) is 5.27. The molecule has 1 aromatic carbocycles. The molecule has 27 heavy (non-hydrogen) atoms. The van der Waals surface area contributed by atoms with Crippen LogP contribution >= 0.6 is 0 Å². The highest BCUT2D eigenvalue weighted by Crippen LogP contribution is 2.29. The highest BCUT2D eigenvalue weighted by molar-refractivity contribution is 5.98. The lowest BCUT2D eigenvalue weighted by molar-refractivity contribution is -0.148. The molecule has 0 spiro atoms. The quantitative estimate of drug-likeness (QED) is 0.661. The van der Waals surface area contributed by atoms with E-state index < -0.39 is 5.54 Å². The maximum Gasteiger partial charge on any atom is 0.331 e. The number of rotatable bonds is 4. The fourth-order valence-corrected chi connectivity index (χ4v) is 3.84. The van der Waals surface area contributed by atoms with E-state index in [2.05, 4.69) is 10.4 Å². The summed E-state index contributed by atoms with van der Waals surface area (Å²) in [6, 6.07) is 9.27. The first kappa shape index (κ1) is 19.1. The number of carbonyl (C=O) groups is 2. The van der Waals surface area contributed by atoms with Crippen molar-refractivity contribution in [1.29, 1.82) is 0 Å². The molecule has 0 saturated heterocycles. The lowest BCUT2D eigenvalue weighted by Gasteiger charge is -2.31. The number of ether oxygens (including phenoxy) is 1. The second-order valence-electron chi connectivity index (χ2n) is 7.33. The molecule has 6 heteroatoms. The molecule has 2 aromatic rings. The van der Waals surface area contributed by atoms with Crippen molar-refractivity contribution in [2.75, 3.05) is 7.11 Å². The Morgan fingerprint density at radius 2 is 1.70 bits per heavy atom. The molecule has 6 nitrogen and oxygen atoms in total. The van der Waals surface area contributed by atoms with Crippen LogP contribution in [-0.4, -0.2) is 34.3 Å². The van der Waals surface area contributed by atoms with E-state index in [1.54, 1.807) is 12.1 Å². The van der Waals surface area contributed by atoms with Crippen molar-refractivity contribution in [3.05, 3.63) is 47.3 Å². The van der Waals surface area contributed by atoms with Gasteiger partial charge in [-0.3, -0.25) is 4.79 Å². The van der Waals surface area contributed by atoms with E-state index in [9.17, 15) is 9.59 Å². The molecular weight excluding hydrogens is 342 g/mol. The van der Waals surface area contributed by atoms with Crippen LogP contribution in [0.2, 0.25) is 0 Å². The molecule has 1 heterocycles. The lowest BCUT2D eigenvalue weighted by atomic mass is 9.89. The van der Waals surface area contributed by atoms with Gasteiger partial charge >= 0.3 is 5.97 Å². The van der Waals surface area contributed by atoms with Crippen LogP contribution in [0.4, 0.5) is 0 Å². The van der Waals surface area contributed by atoms with Crippen molar-refractivity contribution in [3.63, 3.8) is 0 Å². The molecule has 1 saturated carbocycles. The summed E-state index contributed by atoms with van der Waals surface area (Å²) in [7, 11) is 1.38. The predicted octanol–water partition coefficient (Wildman–Crippen LogP) is 3.48. The summed E-state index contributed by atoms with van der Waals surface area (Å²) in [6.07, 6.45) is 5.21. The van der Waals surface area contributed by atoms with E-state index in [-0.39, 0.29) is 11.9 Å². The SMILES string of the molecule is COC(=O)C1(NC(=O)c2ccc(-n3nc(C)cc3C)cc2)CCCCCC1. The maximum atomic E-state index is 12.8. The van der Waals surface area contributed by atoms with Gasteiger partial charge in [-0.05, 0) is 57.0 Å². The molecule has 0 bridgehead atoms. The molecule has 1 aliphatic rings. The van der Waals surface area contributed by atoms with Crippen LogP contribution in [0.3, 0.4) is 0 Å². The number of aryl methyl sites for hydroxylation is 2. The van der Waals surface area contributed by atoms with E-state index in [1.807, 2.05) is 36.7 Å². The average molecular weight is 369 g/mol. The molecule has 0 atom stereocenters. The van der Waals surface area contributed by atoms with E-state index in [1.165, 1.54) is 7.11 Å². The summed E-state index contributed by atoms with van der Waals surface area (Å²) in [5, 5.41) is 7.44. The summed E-state index contributed by atoms with van der Waals surface area (Å²) in [4.78, 5) is 25.3. The van der Waals surface area contributed by atoms with Crippen molar-refractivity contribution < 1.29 is 14.3 Å². The molecule has 1 fully saturated rings.